The molecule has 4 heteroatoms. The molecule has 19 heavy (non-hydrogen) atoms. The van der Waals surface area contributed by atoms with Crippen LogP contribution in [-0.2, 0) is 9.59 Å². The Morgan fingerprint density at radius 2 is 2.11 bits per heavy atom. The molecule has 1 aliphatic rings. The molecule has 1 unspecified atom stereocenters. The third kappa shape index (κ3) is 3.41. The molecule has 0 saturated carbocycles. The van der Waals surface area contributed by atoms with Gasteiger partial charge in [-0.2, -0.15) is 0 Å². The molecule has 1 fully saturated rings. The van der Waals surface area contributed by atoms with Gasteiger partial charge < -0.3 is 9.69 Å². The van der Waals surface area contributed by atoms with Crippen molar-refractivity contribution in [3.05, 3.63) is 30.3 Å². The van der Waals surface area contributed by atoms with Gasteiger partial charge in [0, 0.05) is 12.7 Å². The summed E-state index contributed by atoms with van der Waals surface area (Å²) in [4.78, 5) is 26.9. The van der Waals surface area contributed by atoms with Crippen molar-refractivity contribution in [2.75, 3.05) is 25.0 Å². The first-order valence-electron chi connectivity index (χ1n) is 6.73. The van der Waals surface area contributed by atoms with Crippen LogP contribution in [0, 0.1) is 0 Å². The highest BCUT2D eigenvalue weighted by molar-refractivity contribution is 5.94. The molecule has 1 amide bonds. The molecular weight excluding hydrogens is 240 g/mol. The minimum absolute atomic E-state index is 0.0277. The summed E-state index contributed by atoms with van der Waals surface area (Å²) in [5.74, 6) is 0.0277. The van der Waals surface area contributed by atoms with Crippen LogP contribution in [0.5, 0.6) is 0 Å². The minimum atomic E-state index is -0.0955. The maximum atomic E-state index is 12.2. The first-order chi connectivity index (χ1) is 9.22. The maximum Gasteiger partial charge on any atom is 0.240 e. The molecular formula is C15H20N2O2. The van der Waals surface area contributed by atoms with E-state index in [0.29, 0.717) is 6.54 Å². The van der Waals surface area contributed by atoms with Crippen molar-refractivity contribution in [3.63, 3.8) is 0 Å². The number of anilines is 1. The molecule has 1 saturated heterocycles. The van der Waals surface area contributed by atoms with Crippen LogP contribution in [0.4, 0.5) is 5.69 Å². The van der Waals surface area contributed by atoms with Crippen LogP contribution in [0.1, 0.15) is 19.3 Å². The van der Waals surface area contributed by atoms with E-state index in [-0.39, 0.29) is 11.9 Å². The number of nitrogens with zero attached hydrogens (tertiary/aromatic N) is 2. The van der Waals surface area contributed by atoms with E-state index in [1.54, 1.807) is 11.9 Å². The third-order valence-electron chi connectivity index (χ3n) is 3.68. The Labute approximate surface area is 114 Å². The lowest BCUT2D eigenvalue weighted by Gasteiger charge is -2.32. The quantitative estimate of drug-likeness (QED) is 0.774. The van der Waals surface area contributed by atoms with Crippen LogP contribution in [0.15, 0.2) is 30.3 Å². The lowest BCUT2D eigenvalue weighted by atomic mass is 10.0. The van der Waals surface area contributed by atoms with Crippen molar-refractivity contribution in [2.24, 2.45) is 0 Å². The average molecular weight is 260 g/mol. The van der Waals surface area contributed by atoms with Gasteiger partial charge in [-0.3, -0.25) is 9.69 Å². The number of amides is 1. The summed E-state index contributed by atoms with van der Waals surface area (Å²) in [6.45, 7) is 1.15. The minimum Gasteiger partial charge on any atom is -0.314 e. The first kappa shape index (κ1) is 13.7. The second kappa shape index (κ2) is 6.48. The zero-order valence-corrected chi connectivity index (χ0v) is 11.3. The van der Waals surface area contributed by atoms with E-state index in [0.717, 1.165) is 37.8 Å². The van der Waals surface area contributed by atoms with Gasteiger partial charge in [0.15, 0.2) is 0 Å². The Balaban J connectivity index is 1.98. The number of hydrogen-bond donors (Lipinski definition) is 0. The number of hydrogen-bond acceptors (Lipinski definition) is 3. The van der Waals surface area contributed by atoms with Crippen LogP contribution in [0.2, 0.25) is 0 Å². The smallest absolute Gasteiger partial charge is 0.240 e. The van der Waals surface area contributed by atoms with Crippen LogP contribution in [0.25, 0.3) is 0 Å². The van der Waals surface area contributed by atoms with E-state index in [2.05, 4.69) is 0 Å². The summed E-state index contributed by atoms with van der Waals surface area (Å²) in [5.41, 5.74) is 0.882. The largest absolute Gasteiger partial charge is 0.314 e. The second-order valence-electron chi connectivity index (χ2n) is 4.96. The predicted molar refractivity (Wildman–Crippen MR) is 75.1 cm³/mol. The zero-order valence-electron chi connectivity index (χ0n) is 11.3. The molecule has 102 valence electrons. The van der Waals surface area contributed by atoms with Gasteiger partial charge >= 0.3 is 0 Å². The molecule has 1 heterocycles. The number of aldehydes is 1. The zero-order chi connectivity index (χ0) is 13.7. The van der Waals surface area contributed by atoms with Crippen molar-refractivity contribution in [3.8, 4) is 0 Å². The van der Waals surface area contributed by atoms with E-state index in [9.17, 15) is 9.59 Å². The summed E-state index contributed by atoms with van der Waals surface area (Å²) >= 11 is 0. The van der Waals surface area contributed by atoms with Crippen LogP contribution in [-0.4, -0.2) is 43.3 Å². The van der Waals surface area contributed by atoms with Gasteiger partial charge in [0.2, 0.25) is 5.91 Å². The van der Waals surface area contributed by atoms with Gasteiger partial charge in [-0.1, -0.05) is 24.6 Å². The monoisotopic (exact) mass is 260 g/mol. The number of piperidine rings is 1. The Bertz CT molecular complexity index is 433. The maximum absolute atomic E-state index is 12.2. The fraction of sp³-hybridized carbons (Fsp3) is 0.467. The van der Waals surface area contributed by atoms with Gasteiger partial charge in [0.25, 0.3) is 0 Å². The lowest BCUT2D eigenvalue weighted by Crippen LogP contribution is -2.46. The molecule has 0 aromatic heterocycles. The van der Waals surface area contributed by atoms with E-state index in [4.69, 9.17) is 0 Å². The number of carbonyl (C=O) groups is 2. The van der Waals surface area contributed by atoms with Gasteiger partial charge in [-0.05, 0) is 31.5 Å². The summed E-state index contributed by atoms with van der Waals surface area (Å²) in [5, 5.41) is 0. The Morgan fingerprint density at radius 1 is 1.37 bits per heavy atom. The van der Waals surface area contributed by atoms with Gasteiger partial charge in [-0.25, -0.2) is 0 Å². The Hall–Kier alpha value is -1.68. The van der Waals surface area contributed by atoms with E-state index in [1.165, 1.54) is 0 Å². The number of rotatable bonds is 4. The van der Waals surface area contributed by atoms with Crippen molar-refractivity contribution >= 4 is 17.9 Å². The standard InChI is InChI=1S/C15H20N2O2/c1-16(13-7-3-2-4-8-13)15(19)11-17-10-6-5-9-14(17)12-18/h2-4,7-8,12,14H,5-6,9-11H2,1H3. The molecule has 0 spiro atoms. The molecule has 1 aliphatic heterocycles. The summed E-state index contributed by atoms with van der Waals surface area (Å²) in [6.07, 6.45) is 3.97. The van der Waals surface area contributed by atoms with Crippen LogP contribution >= 0.6 is 0 Å². The normalized spacial score (nSPS) is 19.9. The highest BCUT2D eigenvalue weighted by atomic mass is 16.2. The lowest BCUT2D eigenvalue weighted by molar-refractivity contribution is -0.122. The first-order valence-corrected chi connectivity index (χ1v) is 6.73. The molecule has 0 radical (unpaired) electrons. The van der Waals surface area contributed by atoms with Gasteiger partial charge in [0.1, 0.15) is 6.29 Å². The van der Waals surface area contributed by atoms with Crippen molar-refractivity contribution in [2.45, 2.75) is 25.3 Å². The van der Waals surface area contributed by atoms with E-state index in [1.807, 2.05) is 35.2 Å². The highest BCUT2D eigenvalue weighted by Gasteiger charge is 2.25. The number of carbonyl (C=O) groups excluding carboxylic acids is 2. The van der Waals surface area contributed by atoms with E-state index >= 15 is 0 Å². The molecule has 4 nitrogen and oxygen atoms in total. The number of likely N-dealkylation sites (N-methyl/N-ethyl adjacent to an activating group) is 1. The van der Waals surface area contributed by atoms with Crippen LogP contribution in [0.3, 0.4) is 0 Å². The van der Waals surface area contributed by atoms with Gasteiger partial charge in [-0.15, -0.1) is 0 Å². The summed E-state index contributed by atoms with van der Waals surface area (Å²) in [7, 11) is 1.78. The fourth-order valence-corrected chi connectivity index (χ4v) is 2.44. The molecule has 0 aliphatic carbocycles. The molecule has 2 rings (SSSR count). The van der Waals surface area contributed by atoms with Crippen molar-refractivity contribution in [1.82, 2.24) is 4.90 Å². The summed E-state index contributed by atoms with van der Waals surface area (Å²) < 4.78 is 0. The SMILES string of the molecule is CN(C(=O)CN1CCCCC1C=O)c1ccccc1. The highest BCUT2D eigenvalue weighted by Crippen LogP contribution is 2.17. The third-order valence-corrected chi connectivity index (χ3v) is 3.68. The molecule has 1 atom stereocenters. The fourth-order valence-electron chi connectivity index (χ4n) is 2.44. The number of para-hydroxylation sites is 1. The average Bonchev–Trinajstić information content (AvgIpc) is 2.48. The van der Waals surface area contributed by atoms with E-state index < -0.39 is 0 Å². The van der Waals surface area contributed by atoms with Crippen molar-refractivity contribution < 1.29 is 9.59 Å². The second-order valence-corrected chi connectivity index (χ2v) is 4.96. The Kier molecular flexibility index (Phi) is 4.68. The molecule has 0 N–H and O–H groups in total. The topological polar surface area (TPSA) is 40.6 Å². The van der Waals surface area contributed by atoms with Crippen molar-refractivity contribution in [1.29, 1.82) is 0 Å². The molecule has 1 aromatic carbocycles. The van der Waals surface area contributed by atoms with Gasteiger partial charge in [0.05, 0.1) is 12.6 Å². The molecule has 0 bridgehead atoms. The Morgan fingerprint density at radius 3 is 2.79 bits per heavy atom. The molecule has 1 aromatic rings. The predicted octanol–water partition coefficient (Wildman–Crippen LogP) is 1.70. The number of benzene rings is 1. The number of likely N-dealkylation sites (tertiary alicyclic amines) is 1. The van der Waals surface area contributed by atoms with Crippen LogP contribution < -0.4 is 4.90 Å². The summed E-state index contributed by atoms with van der Waals surface area (Å²) in [6, 6.07) is 9.47.